The lowest BCUT2D eigenvalue weighted by atomic mass is 10.1. The van der Waals surface area contributed by atoms with Crippen molar-refractivity contribution >= 4 is 33.2 Å². The minimum Gasteiger partial charge on any atom is -0.354 e. The van der Waals surface area contributed by atoms with Crippen LogP contribution in [0.4, 0.5) is 11.4 Å². The van der Waals surface area contributed by atoms with Crippen LogP contribution in [0.3, 0.4) is 0 Å². The number of rotatable bonds is 5. The van der Waals surface area contributed by atoms with E-state index in [-0.39, 0.29) is 5.91 Å². The Bertz CT molecular complexity index is 861. The van der Waals surface area contributed by atoms with Crippen molar-refractivity contribution in [2.24, 2.45) is 0 Å². The van der Waals surface area contributed by atoms with Crippen molar-refractivity contribution < 1.29 is 4.79 Å². The lowest BCUT2D eigenvalue weighted by Gasteiger charge is -2.08. The average molecular weight is 396 g/mol. The average Bonchev–Trinajstić information content (AvgIpc) is 2.62. The number of pyridine rings is 1. The molecular weight excluding hydrogens is 378 g/mol. The Balaban J connectivity index is 1.59. The number of aromatic nitrogens is 1. The highest BCUT2D eigenvalue weighted by Gasteiger charge is 2.07. The zero-order valence-electron chi connectivity index (χ0n) is 13.8. The third-order valence-corrected chi connectivity index (χ3v) is 4.19. The maximum absolute atomic E-state index is 12.2. The number of nitrogens with zero attached hydrogens (tertiary/aromatic N) is 1. The second kappa shape index (κ2) is 7.94. The lowest BCUT2D eigenvalue weighted by molar-refractivity contribution is 0.0946. The van der Waals surface area contributed by atoms with E-state index in [0.717, 1.165) is 21.4 Å². The van der Waals surface area contributed by atoms with Crippen molar-refractivity contribution in [3.63, 3.8) is 0 Å². The Morgan fingerprint density at radius 3 is 2.48 bits per heavy atom. The molecule has 4 nitrogen and oxygen atoms in total. The second-order valence-electron chi connectivity index (χ2n) is 5.74. The first kappa shape index (κ1) is 17.2. The Labute approximate surface area is 155 Å². The van der Waals surface area contributed by atoms with E-state index in [4.69, 9.17) is 0 Å². The molecule has 0 fully saturated rings. The molecule has 1 amide bonds. The summed E-state index contributed by atoms with van der Waals surface area (Å²) in [6, 6.07) is 19.5. The number of nitrogens with one attached hydrogen (secondary N) is 2. The minimum absolute atomic E-state index is 0.184. The van der Waals surface area contributed by atoms with Gasteiger partial charge in [-0.15, -0.1) is 0 Å². The third kappa shape index (κ3) is 4.90. The van der Waals surface area contributed by atoms with Gasteiger partial charge in [-0.25, -0.2) is 4.98 Å². The number of aryl methyl sites for hydroxylation is 1. The van der Waals surface area contributed by atoms with E-state index >= 15 is 0 Å². The first-order chi connectivity index (χ1) is 12.1. The molecule has 1 heterocycles. The van der Waals surface area contributed by atoms with Crippen molar-refractivity contribution in [2.75, 3.05) is 5.32 Å². The molecule has 0 saturated heterocycles. The Kier molecular flexibility index (Phi) is 5.46. The van der Waals surface area contributed by atoms with E-state index in [1.165, 1.54) is 5.56 Å². The fraction of sp³-hybridized carbons (Fsp3) is 0.100. The number of benzene rings is 2. The van der Waals surface area contributed by atoms with Gasteiger partial charge in [-0.2, -0.15) is 0 Å². The van der Waals surface area contributed by atoms with Crippen molar-refractivity contribution in [1.82, 2.24) is 10.3 Å². The van der Waals surface area contributed by atoms with E-state index in [1.54, 1.807) is 12.3 Å². The topological polar surface area (TPSA) is 54.0 Å². The van der Waals surface area contributed by atoms with Gasteiger partial charge in [0, 0.05) is 16.7 Å². The molecule has 1 aromatic heterocycles. The molecule has 0 aliphatic carbocycles. The van der Waals surface area contributed by atoms with E-state index in [9.17, 15) is 4.79 Å². The summed E-state index contributed by atoms with van der Waals surface area (Å²) in [5, 5.41) is 6.14. The molecule has 0 spiro atoms. The number of carbonyl (C=O) groups is 1. The molecule has 126 valence electrons. The summed E-state index contributed by atoms with van der Waals surface area (Å²) in [6.45, 7) is 2.52. The van der Waals surface area contributed by atoms with Gasteiger partial charge in [0.2, 0.25) is 0 Å². The Morgan fingerprint density at radius 2 is 1.80 bits per heavy atom. The molecule has 5 heteroatoms. The molecule has 3 rings (SSSR count). The van der Waals surface area contributed by atoms with Crippen molar-refractivity contribution in [3.8, 4) is 0 Å². The first-order valence-electron chi connectivity index (χ1n) is 7.92. The van der Waals surface area contributed by atoms with Gasteiger partial charge >= 0.3 is 0 Å². The Morgan fingerprint density at radius 1 is 1.04 bits per heavy atom. The molecule has 0 saturated carbocycles. The summed E-state index contributed by atoms with van der Waals surface area (Å²) < 4.78 is 1.02. The first-order valence-corrected chi connectivity index (χ1v) is 8.72. The molecule has 2 aromatic carbocycles. The molecule has 0 radical (unpaired) electrons. The van der Waals surface area contributed by atoms with Gasteiger partial charge in [0.05, 0.1) is 11.9 Å². The van der Waals surface area contributed by atoms with E-state index < -0.39 is 0 Å². The van der Waals surface area contributed by atoms with E-state index in [2.05, 4.69) is 37.6 Å². The summed E-state index contributed by atoms with van der Waals surface area (Å²) >= 11 is 3.41. The van der Waals surface area contributed by atoms with Crippen LogP contribution in [0.1, 0.15) is 21.6 Å². The molecule has 2 N–H and O–H groups in total. The van der Waals surface area contributed by atoms with Crippen LogP contribution < -0.4 is 10.6 Å². The van der Waals surface area contributed by atoms with Crippen LogP contribution in [0.2, 0.25) is 0 Å². The summed E-state index contributed by atoms with van der Waals surface area (Å²) in [5.41, 5.74) is 4.43. The fourth-order valence-corrected chi connectivity index (χ4v) is 2.66. The number of hydrogen-bond acceptors (Lipinski definition) is 3. The van der Waals surface area contributed by atoms with Gasteiger partial charge in [-0.3, -0.25) is 4.79 Å². The molecule has 0 atom stereocenters. The molecule has 25 heavy (non-hydrogen) atoms. The summed E-state index contributed by atoms with van der Waals surface area (Å²) in [5.74, 6) is -0.184. The number of hydrogen-bond donors (Lipinski definition) is 2. The summed E-state index contributed by atoms with van der Waals surface area (Å²) in [6.07, 6.45) is 1.66. The predicted molar refractivity (Wildman–Crippen MR) is 104 cm³/mol. The number of halogens is 1. The van der Waals surface area contributed by atoms with Crippen molar-refractivity contribution in [1.29, 1.82) is 0 Å². The number of anilines is 2. The fourth-order valence-electron chi connectivity index (χ4n) is 2.40. The highest BCUT2D eigenvalue weighted by molar-refractivity contribution is 9.10. The highest BCUT2D eigenvalue weighted by atomic mass is 79.9. The van der Waals surface area contributed by atoms with E-state index in [0.29, 0.717) is 12.2 Å². The zero-order chi connectivity index (χ0) is 17.6. The minimum atomic E-state index is -0.184. The van der Waals surface area contributed by atoms with Crippen LogP contribution in [0.15, 0.2) is 71.3 Å². The molecule has 0 unspecified atom stereocenters. The van der Waals surface area contributed by atoms with Crippen molar-refractivity contribution in [3.05, 3.63) is 88.2 Å². The molecule has 3 aromatic rings. The smallest absolute Gasteiger partial charge is 0.270 e. The van der Waals surface area contributed by atoms with Gasteiger partial charge in [0.15, 0.2) is 0 Å². The van der Waals surface area contributed by atoms with Gasteiger partial charge < -0.3 is 10.6 Å². The van der Waals surface area contributed by atoms with Gasteiger partial charge in [0.25, 0.3) is 5.91 Å². The van der Waals surface area contributed by atoms with Crippen LogP contribution in [0, 0.1) is 6.92 Å². The summed E-state index contributed by atoms with van der Waals surface area (Å²) in [7, 11) is 0. The van der Waals surface area contributed by atoms with Crippen molar-refractivity contribution in [2.45, 2.75) is 13.5 Å². The van der Waals surface area contributed by atoms with E-state index in [1.807, 2.05) is 55.5 Å². The SMILES string of the molecule is Cc1cccc(CNC(=O)c2ccc(Nc3ccc(Br)cc3)cn2)c1. The monoisotopic (exact) mass is 395 g/mol. The van der Waals surface area contributed by atoms with Crippen LogP contribution in [-0.2, 0) is 6.54 Å². The molecular formula is C20H18BrN3O. The largest absolute Gasteiger partial charge is 0.354 e. The maximum Gasteiger partial charge on any atom is 0.270 e. The third-order valence-electron chi connectivity index (χ3n) is 3.66. The predicted octanol–water partition coefficient (Wildman–Crippen LogP) is 4.83. The van der Waals surface area contributed by atoms with Gasteiger partial charge in [0.1, 0.15) is 5.69 Å². The maximum atomic E-state index is 12.2. The van der Waals surface area contributed by atoms with Crippen LogP contribution >= 0.6 is 15.9 Å². The lowest BCUT2D eigenvalue weighted by Crippen LogP contribution is -2.23. The second-order valence-corrected chi connectivity index (χ2v) is 6.65. The van der Waals surface area contributed by atoms with Gasteiger partial charge in [-0.05, 0) is 48.9 Å². The standard InChI is InChI=1S/C20H18BrN3O/c1-14-3-2-4-15(11-14)12-23-20(25)19-10-9-18(13-22-19)24-17-7-5-16(21)6-8-17/h2-11,13,24H,12H2,1H3,(H,23,25). The van der Waals surface area contributed by atoms with Crippen LogP contribution in [0.25, 0.3) is 0 Å². The molecule has 0 aliphatic heterocycles. The normalized spacial score (nSPS) is 10.3. The number of carbonyl (C=O) groups excluding carboxylic acids is 1. The quantitative estimate of drug-likeness (QED) is 0.650. The highest BCUT2D eigenvalue weighted by Crippen LogP contribution is 2.18. The molecule has 0 aliphatic rings. The summed E-state index contributed by atoms with van der Waals surface area (Å²) in [4.78, 5) is 16.4. The molecule has 0 bridgehead atoms. The Hall–Kier alpha value is -2.66. The number of amides is 1. The zero-order valence-corrected chi connectivity index (χ0v) is 15.4. The van der Waals surface area contributed by atoms with Gasteiger partial charge in [-0.1, -0.05) is 45.8 Å². The van der Waals surface area contributed by atoms with Crippen LogP contribution in [-0.4, -0.2) is 10.9 Å². The van der Waals surface area contributed by atoms with Crippen LogP contribution in [0.5, 0.6) is 0 Å².